The zero-order valence-corrected chi connectivity index (χ0v) is 9.71. The van der Waals surface area contributed by atoms with Crippen LogP contribution in [0, 0.1) is 0 Å². The topological polar surface area (TPSA) is 75.4 Å². The maximum absolute atomic E-state index is 10.9. The minimum Gasteiger partial charge on any atom is -0.480 e. The van der Waals surface area contributed by atoms with Crippen LogP contribution in [0.4, 0.5) is 0 Å². The third-order valence-corrected chi connectivity index (χ3v) is 2.50. The molecule has 0 atom stereocenters. The number of aromatic nitrogens is 2. The third kappa shape index (κ3) is 2.14. The van der Waals surface area contributed by atoms with Crippen molar-refractivity contribution in [2.45, 2.75) is 26.0 Å². The summed E-state index contributed by atoms with van der Waals surface area (Å²) in [5.41, 5.74) is 0.229. The molecule has 2 N–H and O–H groups in total. The zero-order chi connectivity index (χ0) is 12.6. The summed E-state index contributed by atoms with van der Waals surface area (Å²) in [7, 11) is 0. The molecule has 0 aliphatic heterocycles. The summed E-state index contributed by atoms with van der Waals surface area (Å²) in [5, 5.41) is 18.9. The van der Waals surface area contributed by atoms with Gasteiger partial charge in [0.05, 0.1) is 11.0 Å². The highest BCUT2D eigenvalue weighted by atomic mass is 16.4. The number of benzene rings is 1. The van der Waals surface area contributed by atoms with Crippen LogP contribution >= 0.6 is 0 Å². The Morgan fingerprint density at radius 2 is 2.06 bits per heavy atom. The van der Waals surface area contributed by atoms with E-state index >= 15 is 0 Å². The molecule has 0 saturated carbocycles. The van der Waals surface area contributed by atoms with Crippen LogP contribution in [0.15, 0.2) is 24.3 Å². The van der Waals surface area contributed by atoms with Gasteiger partial charge in [0.2, 0.25) is 0 Å². The lowest BCUT2D eigenvalue weighted by Crippen LogP contribution is -2.24. The highest BCUT2D eigenvalue weighted by Gasteiger charge is 2.25. The van der Waals surface area contributed by atoms with Crippen molar-refractivity contribution < 1.29 is 15.0 Å². The van der Waals surface area contributed by atoms with Gasteiger partial charge in [0.25, 0.3) is 0 Å². The number of aliphatic carboxylic acids is 1. The van der Waals surface area contributed by atoms with Crippen molar-refractivity contribution in [3.8, 4) is 0 Å². The SMILES string of the molecule is CC(C)(O)c1nc2ccccc2n1CC(=O)O. The normalized spacial score (nSPS) is 11.9. The first-order valence-electron chi connectivity index (χ1n) is 5.29. The predicted octanol–water partition coefficient (Wildman–Crippen LogP) is 1.35. The van der Waals surface area contributed by atoms with Gasteiger partial charge in [-0.1, -0.05) is 12.1 Å². The van der Waals surface area contributed by atoms with E-state index in [1.807, 2.05) is 12.1 Å². The Hall–Kier alpha value is -1.88. The van der Waals surface area contributed by atoms with Gasteiger partial charge in [0.15, 0.2) is 0 Å². The van der Waals surface area contributed by atoms with Crippen molar-refractivity contribution in [3.63, 3.8) is 0 Å². The van der Waals surface area contributed by atoms with E-state index in [2.05, 4.69) is 4.98 Å². The van der Waals surface area contributed by atoms with Crippen LogP contribution in [-0.4, -0.2) is 25.7 Å². The number of para-hydroxylation sites is 2. The number of carbonyl (C=O) groups is 1. The monoisotopic (exact) mass is 234 g/mol. The van der Waals surface area contributed by atoms with E-state index in [0.29, 0.717) is 16.9 Å². The molecule has 0 bridgehead atoms. The van der Waals surface area contributed by atoms with Crippen molar-refractivity contribution >= 4 is 17.0 Å². The summed E-state index contributed by atoms with van der Waals surface area (Å²) in [4.78, 5) is 15.1. The second-order valence-corrected chi connectivity index (χ2v) is 4.46. The molecule has 0 unspecified atom stereocenters. The summed E-state index contributed by atoms with van der Waals surface area (Å²) in [6.45, 7) is 2.97. The Morgan fingerprint density at radius 3 is 2.65 bits per heavy atom. The van der Waals surface area contributed by atoms with Crippen molar-refractivity contribution in [1.82, 2.24) is 9.55 Å². The molecule has 0 radical (unpaired) electrons. The summed E-state index contributed by atoms with van der Waals surface area (Å²) in [6.07, 6.45) is 0. The van der Waals surface area contributed by atoms with Crippen LogP contribution in [0.3, 0.4) is 0 Å². The van der Waals surface area contributed by atoms with E-state index in [1.165, 1.54) is 4.57 Å². The van der Waals surface area contributed by atoms with E-state index in [-0.39, 0.29) is 6.54 Å². The lowest BCUT2D eigenvalue weighted by atomic mass is 10.1. The van der Waals surface area contributed by atoms with E-state index in [9.17, 15) is 9.90 Å². The molecule has 5 nitrogen and oxygen atoms in total. The van der Waals surface area contributed by atoms with E-state index in [4.69, 9.17) is 5.11 Å². The Morgan fingerprint density at radius 1 is 1.41 bits per heavy atom. The molecule has 0 spiro atoms. The number of hydrogen-bond acceptors (Lipinski definition) is 3. The highest BCUT2D eigenvalue weighted by molar-refractivity contribution is 5.78. The van der Waals surface area contributed by atoms with Gasteiger partial charge in [-0.3, -0.25) is 4.79 Å². The summed E-state index contributed by atoms with van der Waals surface area (Å²) >= 11 is 0. The fourth-order valence-electron chi connectivity index (χ4n) is 1.84. The molecule has 0 saturated heterocycles. The van der Waals surface area contributed by atoms with Crippen LogP contribution in [0.2, 0.25) is 0 Å². The van der Waals surface area contributed by atoms with E-state index in [1.54, 1.807) is 26.0 Å². The molecular formula is C12H14N2O3. The molecule has 2 rings (SSSR count). The van der Waals surface area contributed by atoms with Gasteiger partial charge in [-0.25, -0.2) is 4.98 Å². The number of imidazole rings is 1. The molecule has 90 valence electrons. The van der Waals surface area contributed by atoms with Gasteiger partial charge in [0, 0.05) is 0 Å². The zero-order valence-electron chi connectivity index (χ0n) is 9.71. The first-order chi connectivity index (χ1) is 7.89. The van der Waals surface area contributed by atoms with E-state index < -0.39 is 11.6 Å². The first kappa shape index (κ1) is 11.6. The van der Waals surface area contributed by atoms with Crippen LogP contribution in [-0.2, 0) is 16.9 Å². The number of carboxylic acid groups (broad SMARTS) is 1. The number of hydrogen-bond donors (Lipinski definition) is 2. The number of nitrogens with zero attached hydrogens (tertiary/aromatic N) is 2. The molecular weight excluding hydrogens is 220 g/mol. The molecule has 1 heterocycles. The fourth-order valence-corrected chi connectivity index (χ4v) is 1.84. The number of aliphatic hydroxyl groups is 1. The Labute approximate surface area is 98.3 Å². The highest BCUT2D eigenvalue weighted by Crippen LogP contribution is 2.24. The van der Waals surface area contributed by atoms with Crippen molar-refractivity contribution in [2.24, 2.45) is 0 Å². The Kier molecular flexibility index (Phi) is 2.63. The lowest BCUT2D eigenvalue weighted by Gasteiger charge is -2.17. The standard InChI is InChI=1S/C12H14N2O3/c1-12(2,17)11-13-8-5-3-4-6-9(8)14(11)7-10(15)16/h3-6,17H,7H2,1-2H3,(H,15,16). The third-order valence-electron chi connectivity index (χ3n) is 2.50. The fraction of sp³-hybridized carbons (Fsp3) is 0.333. The predicted molar refractivity (Wildman–Crippen MR) is 62.6 cm³/mol. The van der Waals surface area contributed by atoms with Crippen molar-refractivity contribution in [2.75, 3.05) is 0 Å². The van der Waals surface area contributed by atoms with Gasteiger partial charge in [-0.15, -0.1) is 0 Å². The smallest absolute Gasteiger partial charge is 0.323 e. The van der Waals surface area contributed by atoms with Crippen LogP contribution in [0.5, 0.6) is 0 Å². The maximum atomic E-state index is 10.9. The van der Waals surface area contributed by atoms with Crippen molar-refractivity contribution in [1.29, 1.82) is 0 Å². The quantitative estimate of drug-likeness (QED) is 0.840. The number of rotatable bonds is 3. The molecule has 0 aliphatic carbocycles. The average molecular weight is 234 g/mol. The lowest BCUT2D eigenvalue weighted by molar-refractivity contribution is -0.137. The molecule has 0 fully saturated rings. The second kappa shape index (κ2) is 3.85. The first-order valence-corrected chi connectivity index (χ1v) is 5.29. The molecule has 17 heavy (non-hydrogen) atoms. The van der Waals surface area contributed by atoms with Gasteiger partial charge >= 0.3 is 5.97 Å². The van der Waals surface area contributed by atoms with Crippen molar-refractivity contribution in [3.05, 3.63) is 30.1 Å². The summed E-state index contributed by atoms with van der Waals surface area (Å²) < 4.78 is 1.53. The maximum Gasteiger partial charge on any atom is 0.323 e. The number of fused-ring (bicyclic) bond motifs is 1. The Bertz CT molecular complexity index is 567. The minimum atomic E-state index is -1.17. The minimum absolute atomic E-state index is 0.208. The molecule has 2 aromatic rings. The van der Waals surface area contributed by atoms with Crippen LogP contribution in [0.1, 0.15) is 19.7 Å². The van der Waals surface area contributed by atoms with E-state index in [0.717, 1.165) is 0 Å². The van der Waals surface area contributed by atoms with Crippen LogP contribution < -0.4 is 0 Å². The summed E-state index contributed by atoms with van der Waals surface area (Å²) in [6, 6.07) is 7.23. The van der Waals surface area contributed by atoms with Gasteiger partial charge in [-0.2, -0.15) is 0 Å². The number of carboxylic acids is 1. The summed E-state index contributed by atoms with van der Waals surface area (Å²) in [5.74, 6) is -0.597. The molecule has 5 heteroatoms. The molecule has 0 aliphatic rings. The molecule has 1 aromatic carbocycles. The average Bonchev–Trinajstić information content (AvgIpc) is 2.56. The van der Waals surface area contributed by atoms with Gasteiger partial charge in [-0.05, 0) is 26.0 Å². The second-order valence-electron chi connectivity index (χ2n) is 4.46. The van der Waals surface area contributed by atoms with Gasteiger partial charge in [0.1, 0.15) is 18.0 Å². The largest absolute Gasteiger partial charge is 0.480 e. The van der Waals surface area contributed by atoms with Gasteiger partial charge < -0.3 is 14.8 Å². The molecule has 1 aromatic heterocycles. The molecule has 0 amide bonds. The van der Waals surface area contributed by atoms with Crippen LogP contribution in [0.25, 0.3) is 11.0 Å². The Balaban J connectivity index is 2.69.